The maximum Gasteiger partial charge on any atom is 0.283 e. The highest BCUT2D eigenvalue weighted by molar-refractivity contribution is 6.03. The fourth-order valence-corrected chi connectivity index (χ4v) is 3.73. The molecule has 2 aliphatic rings. The third kappa shape index (κ3) is 3.51. The second-order valence-corrected chi connectivity index (χ2v) is 7.31. The van der Waals surface area contributed by atoms with Crippen molar-refractivity contribution in [1.82, 2.24) is 4.98 Å². The molecule has 4 rings (SSSR count). The second kappa shape index (κ2) is 7.77. The molecular weight excluding hydrogens is 434 g/mol. The first-order valence-corrected chi connectivity index (χ1v) is 9.37. The molecule has 0 saturated heterocycles. The molecule has 0 radical (unpaired) electrons. The number of nitrogens with zero attached hydrogens (tertiary/aromatic N) is 2. The van der Waals surface area contributed by atoms with Gasteiger partial charge in [-0.1, -0.05) is 0 Å². The number of pyridine rings is 1. The lowest BCUT2D eigenvalue weighted by Gasteiger charge is -2.33. The number of rotatable bonds is 5. The standard InChI is InChI=1S/C20H17F4N5O3/c1-31-16(25)8-2-3-13(27-7-8)17(30)28-9-4-11(15(22)12(21)5-9)20(18(23)24)10-6-14(10)32-19(26)29-20/h2-5,7,10,14,18,25H,6H2,1H3,(H2,26,29)(H,28,30)/t10-,14+,20-/m0/s1. The molecule has 2 heterocycles. The largest absolute Gasteiger partial charge is 0.481 e. The number of aromatic nitrogens is 1. The maximum atomic E-state index is 14.7. The predicted molar refractivity (Wildman–Crippen MR) is 105 cm³/mol. The van der Waals surface area contributed by atoms with Gasteiger partial charge in [0.1, 0.15) is 11.8 Å². The SMILES string of the molecule is COC(=N)c1ccc(C(=O)Nc2cc(F)c(F)c([C@@]3(C(F)F)N=C(N)O[C@@H]4C[C@@H]43)c2)nc1. The molecule has 1 fully saturated rings. The Labute approximate surface area is 179 Å². The normalized spacial score (nSPS) is 23.6. The van der Waals surface area contributed by atoms with Crippen molar-refractivity contribution >= 4 is 23.5 Å². The summed E-state index contributed by atoms with van der Waals surface area (Å²) in [7, 11) is 1.30. The van der Waals surface area contributed by atoms with E-state index >= 15 is 0 Å². The zero-order valence-corrected chi connectivity index (χ0v) is 16.5. The molecule has 1 aliphatic heterocycles. The molecule has 2 aromatic rings. The Morgan fingerprint density at radius 2 is 2.12 bits per heavy atom. The first-order chi connectivity index (χ1) is 15.2. The third-order valence-electron chi connectivity index (χ3n) is 5.38. The molecule has 1 aliphatic carbocycles. The van der Waals surface area contributed by atoms with Crippen LogP contribution in [-0.2, 0) is 15.0 Å². The summed E-state index contributed by atoms with van der Waals surface area (Å²) in [6.45, 7) is 0. The number of benzene rings is 1. The van der Waals surface area contributed by atoms with Gasteiger partial charge in [-0.25, -0.2) is 22.6 Å². The summed E-state index contributed by atoms with van der Waals surface area (Å²) in [5.41, 5.74) is 2.29. The van der Waals surface area contributed by atoms with Crippen LogP contribution in [0.15, 0.2) is 35.5 Å². The first kappa shape index (κ1) is 21.5. The zero-order valence-electron chi connectivity index (χ0n) is 16.5. The lowest BCUT2D eigenvalue weighted by atomic mass is 9.84. The van der Waals surface area contributed by atoms with Crippen LogP contribution in [0, 0.1) is 23.0 Å². The predicted octanol–water partition coefficient (Wildman–Crippen LogP) is 2.78. The van der Waals surface area contributed by atoms with Crippen LogP contribution in [0.3, 0.4) is 0 Å². The van der Waals surface area contributed by atoms with E-state index < -0.39 is 53.1 Å². The Bertz CT molecular complexity index is 1120. The van der Waals surface area contributed by atoms with Gasteiger partial charge in [-0.3, -0.25) is 15.2 Å². The summed E-state index contributed by atoms with van der Waals surface area (Å²) >= 11 is 0. The number of alkyl halides is 2. The van der Waals surface area contributed by atoms with E-state index in [0.717, 1.165) is 6.07 Å². The molecule has 0 spiro atoms. The number of anilines is 1. The topological polar surface area (TPSA) is 123 Å². The molecule has 12 heteroatoms. The number of ether oxygens (including phenoxy) is 2. The van der Waals surface area contributed by atoms with Gasteiger partial charge < -0.3 is 20.5 Å². The third-order valence-corrected chi connectivity index (χ3v) is 5.38. The average Bonchev–Trinajstić information content (AvgIpc) is 3.54. The summed E-state index contributed by atoms with van der Waals surface area (Å²) in [5.74, 6) is -4.80. The van der Waals surface area contributed by atoms with Crippen LogP contribution in [0.5, 0.6) is 0 Å². The minimum atomic E-state index is -3.20. The maximum absolute atomic E-state index is 14.7. The van der Waals surface area contributed by atoms with Crippen molar-refractivity contribution in [3.63, 3.8) is 0 Å². The van der Waals surface area contributed by atoms with Crippen molar-refractivity contribution in [3.05, 3.63) is 58.9 Å². The van der Waals surface area contributed by atoms with Crippen molar-refractivity contribution in [2.24, 2.45) is 16.6 Å². The quantitative estimate of drug-likeness (QED) is 0.367. The van der Waals surface area contributed by atoms with Crippen LogP contribution in [0.2, 0.25) is 0 Å². The Balaban J connectivity index is 1.68. The van der Waals surface area contributed by atoms with Gasteiger partial charge in [0.2, 0.25) is 5.90 Å². The van der Waals surface area contributed by atoms with Gasteiger partial charge in [-0.05, 0) is 24.6 Å². The zero-order chi connectivity index (χ0) is 23.2. The average molecular weight is 451 g/mol. The molecule has 0 unspecified atom stereocenters. The molecule has 3 atom stereocenters. The van der Waals surface area contributed by atoms with Crippen molar-refractivity contribution in [2.45, 2.75) is 24.5 Å². The number of halogens is 4. The van der Waals surface area contributed by atoms with Crippen molar-refractivity contribution in [1.29, 1.82) is 5.41 Å². The molecule has 1 saturated carbocycles. The Kier molecular flexibility index (Phi) is 5.23. The fraction of sp³-hybridized carbons (Fsp3) is 0.300. The monoisotopic (exact) mass is 451 g/mol. The first-order valence-electron chi connectivity index (χ1n) is 9.37. The van der Waals surface area contributed by atoms with Crippen LogP contribution in [0.4, 0.5) is 23.2 Å². The highest BCUT2D eigenvalue weighted by atomic mass is 19.3. The van der Waals surface area contributed by atoms with Gasteiger partial charge in [0.25, 0.3) is 18.4 Å². The Hall–Kier alpha value is -3.70. The van der Waals surface area contributed by atoms with Gasteiger partial charge in [0.15, 0.2) is 17.2 Å². The van der Waals surface area contributed by atoms with Crippen molar-refractivity contribution in [3.8, 4) is 0 Å². The summed E-state index contributed by atoms with van der Waals surface area (Å²) < 4.78 is 67.3. The van der Waals surface area contributed by atoms with E-state index in [4.69, 9.17) is 20.6 Å². The molecule has 0 bridgehead atoms. The molecule has 4 N–H and O–H groups in total. The minimum Gasteiger partial charge on any atom is -0.481 e. The molecule has 168 valence electrons. The van der Waals surface area contributed by atoms with Gasteiger partial charge in [-0.15, -0.1) is 0 Å². The van der Waals surface area contributed by atoms with E-state index in [0.29, 0.717) is 11.6 Å². The van der Waals surface area contributed by atoms with Crippen LogP contribution < -0.4 is 11.1 Å². The highest BCUT2D eigenvalue weighted by Gasteiger charge is 2.64. The lowest BCUT2D eigenvalue weighted by Crippen LogP contribution is -2.43. The number of hydrogen-bond donors (Lipinski definition) is 3. The van der Waals surface area contributed by atoms with Gasteiger partial charge >= 0.3 is 0 Å². The van der Waals surface area contributed by atoms with E-state index in [2.05, 4.69) is 15.3 Å². The lowest BCUT2D eigenvalue weighted by molar-refractivity contribution is 0.0173. The Morgan fingerprint density at radius 3 is 2.75 bits per heavy atom. The van der Waals surface area contributed by atoms with Crippen LogP contribution in [-0.4, -0.2) is 42.4 Å². The fourth-order valence-electron chi connectivity index (χ4n) is 3.73. The number of carbonyl (C=O) groups excluding carboxylic acids is 1. The van der Waals surface area contributed by atoms with Gasteiger partial charge in [-0.2, -0.15) is 0 Å². The van der Waals surface area contributed by atoms with Crippen molar-refractivity contribution < 1.29 is 31.8 Å². The number of carbonyl (C=O) groups is 1. The number of nitrogens with two attached hydrogens (primary N) is 1. The summed E-state index contributed by atoms with van der Waals surface area (Å²) in [6.07, 6.45) is -2.50. The smallest absolute Gasteiger partial charge is 0.283 e. The van der Waals surface area contributed by atoms with E-state index in [1.807, 2.05) is 0 Å². The molecular formula is C20H17F4N5O3. The molecule has 32 heavy (non-hydrogen) atoms. The summed E-state index contributed by atoms with van der Waals surface area (Å²) in [4.78, 5) is 20.1. The van der Waals surface area contributed by atoms with E-state index in [9.17, 15) is 22.4 Å². The summed E-state index contributed by atoms with van der Waals surface area (Å²) in [6, 6.07) is 3.74. The van der Waals surface area contributed by atoms with Crippen LogP contribution in [0.1, 0.15) is 28.0 Å². The molecule has 1 amide bonds. The Morgan fingerprint density at radius 1 is 1.38 bits per heavy atom. The molecule has 8 nitrogen and oxygen atoms in total. The number of fused-ring (bicyclic) bond motifs is 1. The number of amides is 1. The number of amidine groups is 1. The van der Waals surface area contributed by atoms with E-state index in [1.54, 1.807) is 0 Å². The van der Waals surface area contributed by atoms with Crippen LogP contribution in [0.25, 0.3) is 0 Å². The van der Waals surface area contributed by atoms with Crippen LogP contribution >= 0.6 is 0 Å². The van der Waals surface area contributed by atoms with Gasteiger partial charge in [0.05, 0.1) is 12.7 Å². The number of hydrogen-bond acceptors (Lipinski definition) is 7. The van der Waals surface area contributed by atoms with E-state index in [-0.39, 0.29) is 23.7 Å². The summed E-state index contributed by atoms with van der Waals surface area (Å²) in [5, 5.41) is 9.87. The van der Waals surface area contributed by atoms with Gasteiger partial charge in [0, 0.05) is 29.4 Å². The second-order valence-electron chi connectivity index (χ2n) is 7.31. The number of aliphatic imine (C=N–C) groups is 1. The van der Waals surface area contributed by atoms with E-state index in [1.165, 1.54) is 25.4 Å². The molecule has 1 aromatic carbocycles. The van der Waals surface area contributed by atoms with Crippen molar-refractivity contribution in [2.75, 3.05) is 12.4 Å². The minimum absolute atomic E-state index is 0.108. The number of nitrogens with one attached hydrogen (secondary N) is 2. The number of methoxy groups -OCH3 is 1. The highest BCUT2D eigenvalue weighted by Crippen LogP contribution is 2.56. The molecule has 1 aromatic heterocycles.